The third kappa shape index (κ3) is 4.51. The lowest BCUT2D eigenvalue weighted by Crippen LogP contribution is -2.28. The van der Waals surface area contributed by atoms with Gasteiger partial charge in [-0.2, -0.15) is 0 Å². The van der Waals surface area contributed by atoms with Crippen molar-refractivity contribution >= 4 is 27.5 Å². The van der Waals surface area contributed by atoms with Crippen LogP contribution in [-0.4, -0.2) is 34.5 Å². The summed E-state index contributed by atoms with van der Waals surface area (Å²) in [6, 6.07) is 10.2. The average Bonchev–Trinajstić information content (AvgIpc) is 2.60. The highest BCUT2D eigenvalue weighted by atomic mass is 32.2. The molecule has 9 heteroatoms. The minimum absolute atomic E-state index is 0.0901. The van der Waals surface area contributed by atoms with Crippen LogP contribution in [0.4, 0.5) is 5.69 Å². The Hall–Kier alpha value is -3.07. The van der Waals surface area contributed by atoms with E-state index in [1.807, 2.05) is 4.72 Å². The molecule has 0 fully saturated rings. The predicted octanol–water partition coefficient (Wildman–Crippen LogP) is 1.78. The van der Waals surface area contributed by atoms with Gasteiger partial charge in [-0.1, -0.05) is 0 Å². The third-order valence-electron chi connectivity index (χ3n) is 3.35. The van der Waals surface area contributed by atoms with Crippen molar-refractivity contribution in [1.29, 1.82) is 0 Å². The van der Waals surface area contributed by atoms with Crippen LogP contribution in [0.2, 0.25) is 0 Å². The van der Waals surface area contributed by atoms with E-state index >= 15 is 0 Å². The van der Waals surface area contributed by atoms with Gasteiger partial charge in [0.25, 0.3) is 15.9 Å². The molecule has 2 rings (SSSR count). The van der Waals surface area contributed by atoms with Gasteiger partial charge in [0.1, 0.15) is 11.5 Å². The number of benzene rings is 2. The summed E-state index contributed by atoms with van der Waals surface area (Å²) in [5.74, 6) is -0.228. The molecule has 0 bridgehead atoms. The Balaban J connectivity index is 2.19. The number of carbonyl (C=O) groups is 2. The largest absolute Gasteiger partial charge is 0.497 e. The Morgan fingerprint density at radius 3 is 2.15 bits per heavy atom. The first kappa shape index (κ1) is 19.3. The number of amides is 2. The molecule has 0 aliphatic heterocycles. The van der Waals surface area contributed by atoms with E-state index in [9.17, 15) is 18.0 Å². The zero-order chi connectivity index (χ0) is 19.3. The fourth-order valence-electron chi connectivity index (χ4n) is 2.15. The summed E-state index contributed by atoms with van der Waals surface area (Å²) >= 11 is 0. The van der Waals surface area contributed by atoms with Crippen LogP contribution in [0.25, 0.3) is 0 Å². The number of nitrogens with one attached hydrogen (secondary N) is 2. The molecule has 0 aliphatic rings. The van der Waals surface area contributed by atoms with E-state index in [1.54, 1.807) is 18.2 Å². The van der Waals surface area contributed by atoms with Gasteiger partial charge in [-0.05, 0) is 36.4 Å². The SMILES string of the molecule is COc1ccc(C(=O)Nc2ccc(S(=O)(=O)NC(C)=O)cc2)c(OC)c1. The number of methoxy groups -OCH3 is 2. The maximum atomic E-state index is 12.4. The van der Waals surface area contributed by atoms with Gasteiger partial charge in [-0.15, -0.1) is 0 Å². The zero-order valence-electron chi connectivity index (χ0n) is 14.4. The molecule has 0 aromatic heterocycles. The summed E-state index contributed by atoms with van der Waals surface area (Å²) in [6.07, 6.45) is 0. The van der Waals surface area contributed by atoms with Crippen LogP contribution in [0.15, 0.2) is 47.4 Å². The molecule has 2 N–H and O–H groups in total. The third-order valence-corrected chi connectivity index (χ3v) is 4.80. The van der Waals surface area contributed by atoms with Crippen LogP contribution >= 0.6 is 0 Å². The highest BCUT2D eigenvalue weighted by molar-refractivity contribution is 7.90. The Kier molecular flexibility index (Phi) is 5.83. The highest BCUT2D eigenvalue weighted by Crippen LogP contribution is 2.25. The van der Waals surface area contributed by atoms with Crippen molar-refractivity contribution in [3.63, 3.8) is 0 Å². The second kappa shape index (κ2) is 7.87. The topological polar surface area (TPSA) is 111 Å². The molecular formula is C17H18N2O6S. The van der Waals surface area contributed by atoms with Gasteiger partial charge in [-0.3, -0.25) is 9.59 Å². The van der Waals surface area contributed by atoms with E-state index in [-0.39, 0.29) is 4.90 Å². The lowest BCUT2D eigenvalue weighted by molar-refractivity contribution is -0.117. The van der Waals surface area contributed by atoms with Crippen molar-refractivity contribution in [1.82, 2.24) is 4.72 Å². The van der Waals surface area contributed by atoms with Crippen LogP contribution in [0.3, 0.4) is 0 Å². The monoisotopic (exact) mass is 378 g/mol. The van der Waals surface area contributed by atoms with Crippen molar-refractivity contribution in [3.05, 3.63) is 48.0 Å². The molecule has 0 aliphatic carbocycles. The summed E-state index contributed by atoms with van der Waals surface area (Å²) < 4.78 is 35.9. The first-order chi connectivity index (χ1) is 12.3. The fraction of sp³-hybridized carbons (Fsp3) is 0.176. The molecule has 26 heavy (non-hydrogen) atoms. The van der Waals surface area contributed by atoms with Crippen molar-refractivity contribution < 1.29 is 27.5 Å². The number of ether oxygens (including phenoxy) is 2. The highest BCUT2D eigenvalue weighted by Gasteiger charge is 2.16. The Bertz CT molecular complexity index is 923. The average molecular weight is 378 g/mol. The number of rotatable bonds is 6. The van der Waals surface area contributed by atoms with Crippen molar-refractivity contribution in [2.24, 2.45) is 0 Å². The summed E-state index contributed by atoms with van der Waals surface area (Å²) in [5, 5.41) is 2.65. The van der Waals surface area contributed by atoms with Crippen molar-refractivity contribution in [3.8, 4) is 11.5 Å². The molecule has 2 aromatic rings. The van der Waals surface area contributed by atoms with Gasteiger partial charge in [0.2, 0.25) is 5.91 Å². The van der Waals surface area contributed by atoms with E-state index in [0.717, 1.165) is 6.92 Å². The maximum Gasteiger partial charge on any atom is 0.264 e. The minimum atomic E-state index is -3.92. The summed E-state index contributed by atoms with van der Waals surface area (Å²) in [7, 11) is -0.979. The van der Waals surface area contributed by atoms with Crippen LogP contribution in [0.1, 0.15) is 17.3 Å². The first-order valence-electron chi connectivity index (χ1n) is 7.43. The molecule has 0 radical (unpaired) electrons. The zero-order valence-corrected chi connectivity index (χ0v) is 15.2. The van der Waals surface area contributed by atoms with E-state index in [4.69, 9.17) is 9.47 Å². The van der Waals surface area contributed by atoms with Gasteiger partial charge in [0.05, 0.1) is 24.7 Å². The van der Waals surface area contributed by atoms with Gasteiger partial charge in [0.15, 0.2) is 0 Å². The maximum absolute atomic E-state index is 12.4. The van der Waals surface area contributed by atoms with Gasteiger partial charge in [0, 0.05) is 18.7 Å². The number of sulfonamides is 1. The molecule has 138 valence electrons. The Morgan fingerprint density at radius 1 is 0.962 bits per heavy atom. The molecule has 0 heterocycles. The lowest BCUT2D eigenvalue weighted by Gasteiger charge is -2.11. The molecule has 0 unspecified atom stereocenters. The lowest BCUT2D eigenvalue weighted by atomic mass is 10.1. The molecule has 0 spiro atoms. The van der Waals surface area contributed by atoms with Crippen LogP contribution in [0.5, 0.6) is 11.5 Å². The number of hydrogen-bond donors (Lipinski definition) is 2. The molecule has 0 saturated carbocycles. The molecule has 0 atom stereocenters. The molecule has 8 nitrogen and oxygen atoms in total. The van der Waals surface area contributed by atoms with E-state index in [2.05, 4.69) is 5.32 Å². The number of anilines is 1. The van der Waals surface area contributed by atoms with Crippen LogP contribution in [0, 0.1) is 0 Å². The Labute approximate surface area is 151 Å². The first-order valence-corrected chi connectivity index (χ1v) is 8.92. The van der Waals surface area contributed by atoms with E-state index in [0.29, 0.717) is 22.7 Å². The van der Waals surface area contributed by atoms with Crippen molar-refractivity contribution in [2.75, 3.05) is 19.5 Å². The van der Waals surface area contributed by atoms with E-state index in [1.165, 1.54) is 38.5 Å². The normalized spacial score (nSPS) is 10.7. The molecular weight excluding hydrogens is 360 g/mol. The number of hydrogen-bond acceptors (Lipinski definition) is 6. The van der Waals surface area contributed by atoms with E-state index < -0.39 is 21.8 Å². The Morgan fingerprint density at radius 2 is 1.62 bits per heavy atom. The van der Waals surface area contributed by atoms with Crippen LogP contribution < -0.4 is 19.5 Å². The van der Waals surface area contributed by atoms with Crippen molar-refractivity contribution in [2.45, 2.75) is 11.8 Å². The van der Waals surface area contributed by atoms with Gasteiger partial charge >= 0.3 is 0 Å². The molecule has 2 amide bonds. The second-order valence-electron chi connectivity index (χ2n) is 5.21. The second-order valence-corrected chi connectivity index (χ2v) is 6.89. The summed E-state index contributed by atoms with van der Waals surface area (Å²) in [5.41, 5.74) is 0.679. The van der Waals surface area contributed by atoms with Crippen LogP contribution in [-0.2, 0) is 14.8 Å². The molecule has 0 saturated heterocycles. The minimum Gasteiger partial charge on any atom is -0.497 e. The smallest absolute Gasteiger partial charge is 0.264 e. The standard InChI is InChI=1S/C17H18N2O6S/c1-11(20)19-26(22,23)14-7-4-12(5-8-14)18-17(21)15-9-6-13(24-2)10-16(15)25-3/h4-10H,1-3H3,(H,18,21)(H,19,20). The summed E-state index contributed by atoms with van der Waals surface area (Å²) in [6.45, 7) is 1.11. The molecule has 2 aromatic carbocycles. The fourth-order valence-corrected chi connectivity index (χ4v) is 3.14. The summed E-state index contributed by atoms with van der Waals surface area (Å²) in [4.78, 5) is 23.3. The predicted molar refractivity (Wildman–Crippen MR) is 94.9 cm³/mol. The van der Waals surface area contributed by atoms with Gasteiger partial charge in [-0.25, -0.2) is 13.1 Å². The van der Waals surface area contributed by atoms with Gasteiger partial charge < -0.3 is 14.8 Å². The number of carbonyl (C=O) groups excluding carboxylic acids is 2. The quantitative estimate of drug-likeness (QED) is 0.793.